The van der Waals surface area contributed by atoms with Crippen LogP contribution in [0.5, 0.6) is 0 Å². The van der Waals surface area contributed by atoms with Gasteiger partial charge in [0.25, 0.3) is 0 Å². The third-order valence-electron chi connectivity index (χ3n) is 0. The molecule has 0 aliphatic rings. The minimum Gasteiger partial charge on any atom is -0.356 e. The molecule has 8 nitrogen and oxygen atoms in total. The van der Waals surface area contributed by atoms with Crippen LogP contribution < -0.4 is 0 Å². The zero-order valence-corrected chi connectivity index (χ0v) is 5.94. The van der Waals surface area contributed by atoms with Crippen LogP contribution in [-0.2, 0) is 0 Å². The Morgan fingerprint density at radius 2 is 0.778 bits per heavy atom. The summed E-state index contributed by atoms with van der Waals surface area (Å²) >= 11 is 0. The topological polar surface area (TPSA) is 132 Å². The standard InChI is InChI=1S/Ge.2NO3/c;2*2-1(3)4/q+2;2*-1. The summed E-state index contributed by atoms with van der Waals surface area (Å²) in [6.07, 6.45) is 0. The number of rotatable bonds is 0. The Labute approximate surface area is 59.3 Å². The van der Waals surface area contributed by atoms with Crippen LogP contribution in [0.15, 0.2) is 0 Å². The summed E-state index contributed by atoms with van der Waals surface area (Å²) in [4.78, 5) is 16.5. The Bertz CT molecular complexity index is 69.1. The summed E-state index contributed by atoms with van der Waals surface area (Å²) < 4.78 is 0. The van der Waals surface area contributed by atoms with Crippen molar-refractivity contribution < 1.29 is 10.2 Å². The van der Waals surface area contributed by atoms with Gasteiger partial charge in [-0.3, -0.25) is 0 Å². The van der Waals surface area contributed by atoms with E-state index in [2.05, 4.69) is 0 Å². The van der Waals surface area contributed by atoms with Gasteiger partial charge in [-0.2, -0.15) is 0 Å². The summed E-state index contributed by atoms with van der Waals surface area (Å²) in [7, 11) is 0. The molecule has 0 aromatic heterocycles. The fraction of sp³-hybridized carbons (Fsp3) is 0. The zero-order valence-electron chi connectivity index (χ0n) is 3.84. The molecule has 0 N–H and O–H groups in total. The Balaban J connectivity index is -0.0000000720. The molecule has 0 aliphatic carbocycles. The van der Waals surface area contributed by atoms with Crippen molar-refractivity contribution in [2.75, 3.05) is 0 Å². The van der Waals surface area contributed by atoms with E-state index in [1.54, 1.807) is 0 Å². The minimum absolute atomic E-state index is 0. The smallest absolute Gasteiger partial charge is 0.356 e. The fourth-order valence-electron chi connectivity index (χ4n) is 0. The van der Waals surface area contributed by atoms with Gasteiger partial charge in [-0.05, 0) is 0 Å². The quantitative estimate of drug-likeness (QED) is 0.281. The molecule has 0 atom stereocenters. The van der Waals surface area contributed by atoms with Gasteiger partial charge in [-0.15, -0.1) is 0 Å². The van der Waals surface area contributed by atoms with E-state index < -0.39 is 10.2 Å². The average molecular weight is 197 g/mol. The molecule has 9 heteroatoms. The maximum absolute atomic E-state index is 8.25. The van der Waals surface area contributed by atoms with Crippen LogP contribution in [0.3, 0.4) is 0 Å². The van der Waals surface area contributed by atoms with Gasteiger partial charge in [0.15, 0.2) is 0 Å². The third-order valence-corrected chi connectivity index (χ3v) is 0. The molecule has 0 aromatic rings. The second-order valence-corrected chi connectivity index (χ2v) is 0.447. The summed E-state index contributed by atoms with van der Waals surface area (Å²) in [5, 5.41) is 29.5. The molecule has 0 aliphatic heterocycles. The van der Waals surface area contributed by atoms with Crippen molar-refractivity contribution in [1.29, 1.82) is 0 Å². The molecular formula is GeN2O6. The van der Waals surface area contributed by atoms with E-state index in [9.17, 15) is 0 Å². The number of hydrogen-bond donors (Lipinski definition) is 0. The molecular weight excluding hydrogens is 197 g/mol. The fourth-order valence-corrected chi connectivity index (χ4v) is 0. The largest absolute Gasteiger partial charge is 2.00 e. The minimum atomic E-state index is -1.75. The van der Waals surface area contributed by atoms with Crippen molar-refractivity contribution in [2.24, 2.45) is 0 Å². The molecule has 0 rings (SSSR count). The van der Waals surface area contributed by atoms with Crippen molar-refractivity contribution >= 4 is 17.6 Å². The van der Waals surface area contributed by atoms with Gasteiger partial charge in [0, 0.05) is 0 Å². The molecule has 9 heavy (non-hydrogen) atoms. The van der Waals surface area contributed by atoms with Crippen LogP contribution in [-0.4, -0.2) is 27.8 Å². The van der Waals surface area contributed by atoms with Crippen molar-refractivity contribution in [1.82, 2.24) is 0 Å². The van der Waals surface area contributed by atoms with Crippen LogP contribution >= 0.6 is 0 Å². The summed E-state index contributed by atoms with van der Waals surface area (Å²) in [5.74, 6) is 0. The maximum atomic E-state index is 8.25. The zero-order chi connectivity index (χ0) is 7.15. The monoisotopic (exact) mass is 198 g/mol. The summed E-state index contributed by atoms with van der Waals surface area (Å²) in [6.45, 7) is 0. The van der Waals surface area contributed by atoms with Crippen LogP contribution in [0.1, 0.15) is 0 Å². The molecule has 0 fully saturated rings. The summed E-state index contributed by atoms with van der Waals surface area (Å²) in [6, 6.07) is 0. The van der Waals surface area contributed by atoms with Crippen LogP contribution in [0, 0.1) is 30.6 Å². The second kappa shape index (κ2) is 10.0. The normalized spacial score (nSPS) is 5.33. The number of hydrogen-bond acceptors (Lipinski definition) is 6. The Hall–Kier alpha value is -1.06. The molecule has 0 aromatic carbocycles. The van der Waals surface area contributed by atoms with E-state index in [1.807, 2.05) is 0 Å². The van der Waals surface area contributed by atoms with Crippen molar-refractivity contribution in [3.8, 4) is 0 Å². The summed E-state index contributed by atoms with van der Waals surface area (Å²) in [5.41, 5.74) is 0. The van der Waals surface area contributed by atoms with Gasteiger partial charge in [-0.25, -0.2) is 0 Å². The molecule has 2 radical (unpaired) electrons. The third kappa shape index (κ3) is 152. The van der Waals surface area contributed by atoms with Gasteiger partial charge in [0.1, 0.15) is 0 Å². The molecule has 0 saturated heterocycles. The van der Waals surface area contributed by atoms with Gasteiger partial charge in [0.05, 0.1) is 10.2 Å². The molecule has 0 amide bonds. The first-order valence-corrected chi connectivity index (χ1v) is 1.10. The maximum Gasteiger partial charge on any atom is 2.00 e. The predicted molar refractivity (Wildman–Crippen MR) is 26.5 cm³/mol. The molecule has 0 saturated carbocycles. The van der Waals surface area contributed by atoms with Gasteiger partial charge in [0.2, 0.25) is 0 Å². The molecule has 0 heterocycles. The van der Waals surface area contributed by atoms with Crippen molar-refractivity contribution in [3.05, 3.63) is 30.6 Å². The van der Waals surface area contributed by atoms with E-state index in [1.165, 1.54) is 0 Å². The first-order chi connectivity index (χ1) is 3.46. The second-order valence-electron chi connectivity index (χ2n) is 0.447. The van der Waals surface area contributed by atoms with Gasteiger partial charge < -0.3 is 30.6 Å². The molecule has 0 unspecified atom stereocenters. The Kier molecular flexibility index (Phi) is 17.5. The van der Waals surface area contributed by atoms with E-state index in [-0.39, 0.29) is 17.6 Å². The molecule has 50 valence electrons. The van der Waals surface area contributed by atoms with Crippen LogP contribution in [0.25, 0.3) is 0 Å². The molecule has 0 spiro atoms. The van der Waals surface area contributed by atoms with E-state index >= 15 is 0 Å². The van der Waals surface area contributed by atoms with E-state index in [0.29, 0.717) is 0 Å². The Morgan fingerprint density at radius 1 is 0.778 bits per heavy atom. The predicted octanol–water partition coefficient (Wildman–Crippen LogP) is -0.859. The van der Waals surface area contributed by atoms with Gasteiger partial charge in [-0.1, -0.05) is 0 Å². The SMILES string of the molecule is O=[N+]([O-])[O-].O=[N+]([O-])[O-].[Ge+2]. The van der Waals surface area contributed by atoms with Gasteiger partial charge >= 0.3 is 17.6 Å². The molecule has 0 bridgehead atoms. The van der Waals surface area contributed by atoms with Crippen molar-refractivity contribution in [2.45, 2.75) is 0 Å². The number of nitrogens with zero attached hydrogens (tertiary/aromatic N) is 2. The van der Waals surface area contributed by atoms with E-state index in [0.717, 1.165) is 0 Å². The van der Waals surface area contributed by atoms with Crippen LogP contribution in [0.2, 0.25) is 0 Å². The van der Waals surface area contributed by atoms with Crippen molar-refractivity contribution in [3.63, 3.8) is 0 Å². The average Bonchev–Trinajstić information content (AvgIpc) is 1.25. The van der Waals surface area contributed by atoms with E-state index in [4.69, 9.17) is 30.6 Å². The Morgan fingerprint density at radius 3 is 0.778 bits per heavy atom. The first-order valence-electron chi connectivity index (χ1n) is 1.10. The first kappa shape index (κ1) is 15.7. The van der Waals surface area contributed by atoms with Crippen LogP contribution in [0.4, 0.5) is 0 Å².